The molecule has 18 nitrogen and oxygen atoms in total. The van der Waals surface area contributed by atoms with E-state index >= 15 is 4.39 Å². The number of imidazole rings is 1. The van der Waals surface area contributed by atoms with E-state index < -0.39 is 67.9 Å². The lowest BCUT2D eigenvalue weighted by molar-refractivity contribution is -0.0486. The van der Waals surface area contributed by atoms with Gasteiger partial charge in [-0.05, 0) is 0 Å². The molecule has 45 heavy (non-hydrogen) atoms. The quantitative estimate of drug-likeness (QED) is 0.116. The summed E-state index contributed by atoms with van der Waals surface area (Å²) in [7, 11) is 0. The second-order valence-corrected chi connectivity index (χ2v) is 16.8. The van der Waals surface area contributed by atoms with E-state index in [-0.39, 0.29) is 46.2 Å². The van der Waals surface area contributed by atoms with E-state index in [4.69, 9.17) is 34.5 Å². The van der Waals surface area contributed by atoms with Gasteiger partial charge in [-0.1, -0.05) is 42.8 Å². The number of nitrogens with two attached hydrogens (primary N) is 2. The summed E-state index contributed by atoms with van der Waals surface area (Å²) in [6.45, 7) is -7.61. The lowest BCUT2D eigenvalue weighted by atomic mass is 10.0. The van der Waals surface area contributed by atoms with E-state index in [1.165, 1.54) is 17.2 Å². The normalized spacial score (nSPS) is 29.8. The topological polar surface area (TPSA) is 244 Å². The van der Waals surface area contributed by atoms with Gasteiger partial charge in [-0.2, -0.15) is 0 Å². The third-order valence-electron chi connectivity index (χ3n) is 7.26. The molecule has 9 atom stereocenters. The molecular weight excluding hydrogens is 699 g/mol. The summed E-state index contributed by atoms with van der Waals surface area (Å²) in [5, 5.41) is 0. The number of nitrogen functional groups attached to an aromatic ring is 2. The summed E-state index contributed by atoms with van der Waals surface area (Å²) < 4.78 is 71.4. The molecule has 2 unspecified atom stereocenters. The fourth-order valence-corrected chi connectivity index (χ4v) is 8.01. The van der Waals surface area contributed by atoms with E-state index in [1.54, 1.807) is 6.92 Å². The molecule has 6 heterocycles. The highest BCUT2D eigenvalue weighted by molar-refractivity contribution is 8.44. The molecule has 0 bridgehead atoms. The van der Waals surface area contributed by atoms with Gasteiger partial charge in [-0.15, -0.1) is 0 Å². The van der Waals surface area contributed by atoms with Crippen LogP contribution in [0.4, 0.5) is 16.0 Å². The van der Waals surface area contributed by atoms with Crippen molar-refractivity contribution in [2.24, 2.45) is 5.92 Å². The van der Waals surface area contributed by atoms with Gasteiger partial charge in [0.2, 0.25) is 0 Å². The van der Waals surface area contributed by atoms with Gasteiger partial charge in [0, 0.05) is 12.3 Å². The Morgan fingerprint density at radius 3 is 2.51 bits per heavy atom. The monoisotopic (exact) mass is 725 g/mol. The van der Waals surface area contributed by atoms with Crippen LogP contribution >= 0.6 is 49.4 Å². The molecule has 0 aliphatic carbocycles. The van der Waals surface area contributed by atoms with Crippen LogP contribution in [0.1, 0.15) is 25.8 Å². The molecule has 5 N–H and O–H groups in total. The van der Waals surface area contributed by atoms with Crippen molar-refractivity contribution in [3.05, 3.63) is 28.6 Å². The maximum atomic E-state index is 15.4. The number of hydrogen-bond acceptors (Lipinski definition) is 16. The fraction of sp³-hybridized carbons (Fsp3) is 0.524. The van der Waals surface area contributed by atoms with E-state index in [0.29, 0.717) is 0 Å². The lowest BCUT2D eigenvalue weighted by Crippen LogP contribution is -2.29. The highest BCUT2D eigenvalue weighted by Crippen LogP contribution is 2.57. The molecular formula is C21H26FN9O9P2S3. The fourth-order valence-electron chi connectivity index (χ4n) is 5.10. The Balaban J connectivity index is 1.19. The molecule has 0 amide bonds. The molecule has 2 saturated heterocycles. The molecule has 0 saturated carbocycles. The Kier molecular flexibility index (Phi) is 9.02. The molecule has 0 aromatic carbocycles. The summed E-state index contributed by atoms with van der Waals surface area (Å²) in [5.74, 6) is -0.535. The van der Waals surface area contributed by atoms with Crippen LogP contribution in [-0.4, -0.2) is 76.6 Å². The maximum absolute atomic E-state index is 15.4. The second-order valence-electron chi connectivity index (χ2n) is 10.2. The van der Waals surface area contributed by atoms with Crippen LogP contribution in [-0.2, 0) is 32.2 Å². The van der Waals surface area contributed by atoms with Crippen molar-refractivity contribution in [1.29, 1.82) is 0 Å². The van der Waals surface area contributed by atoms with Crippen LogP contribution < -0.4 is 16.3 Å². The summed E-state index contributed by atoms with van der Waals surface area (Å²) in [6, 6.07) is 0. The Morgan fingerprint density at radius 2 is 1.78 bits per heavy atom. The largest absolute Gasteiger partial charge is 0.386 e. The van der Waals surface area contributed by atoms with Gasteiger partial charge in [-0.25, -0.2) is 38.4 Å². The van der Waals surface area contributed by atoms with Crippen LogP contribution in [0.5, 0.6) is 0 Å². The number of thiazole rings is 1. The van der Waals surface area contributed by atoms with Crippen molar-refractivity contribution < 1.29 is 41.5 Å². The first-order valence-electron chi connectivity index (χ1n) is 13.1. The van der Waals surface area contributed by atoms with Gasteiger partial charge in [0.1, 0.15) is 34.8 Å². The number of halogens is 1. The third kappa shape index (κ3) is 6.64. The molecule has 244 valence electrons. The lowest BCUT2D eigenvalue weighted by Gasteiger charge is -2.24. The van der Waals surface area contributed by atoms with Crippen molar-refractivity contribution in [2.45, 2.75) is 50.3 Å². The number of nitrogens with zero attached hydrogens (tertiary/aromatic N) is 7. The van der Waals surface area contributed by atoms with Gasteiger partial charge < -0.3 is 25.8 Å². The number of fused-ring (bicyclic) bond motifs is 2. The number of thiol groups is 2. The molecule has 24 heteroatoms. The van der Waals surface area contributed by atoms with Crippen molar-refractivity contribution >= 4 is 82.6 Å². The van der Waals surface area contributed by atoms with Gasteiger partial charge >= 0.3 is 18.5 Å². The minimum atomic E-state index is -4.24. The minimum Gasteiger partial charge on any atom is -0.382 e. The average Bonchev–Trinajstić information content (AvgIpc) is 3.71. The zero-order valence-electron chi connectivity index (χ0n) is 23.0. The average molecular weight is 726 g/mol. The first-order valence-corrected chi connectivity index (χ1v) is 19.3. The number of hydrogen-bond donors (Lipinski definition) is 5. The Bertz CT molecular complexity index is 1890. The summed E-state index contributed by atoms with van der Waals surface area (Å²) in [5.41, 5.74) is 12.4. The van der Waals surface area contributed by atoms with Gasteiger partial charge in [0.05, 0.1) is 31.7 Å². The first-order chi connectivity index (χ1) is 21.2. The second kappa shape index (κ2) is 12.4. The molecule has 0 spiro atoms. The van der Waals surface area contributed by atoms with Crippen LogP contribution in [0.2, 0.25) is 0 Å². The van der Waals surface area contributed by atoms with E-state index in [0.717, 1.165) is 22.2 Å². The standard InChI is InChI=1S/C21H26FN9O9P2S3/c1-8-11(39-20(12(8)22)30-7-29-13-15(23)25-5-27-17(13)30)4-37-42(35,44)40-10-2-9(3-36-41(33,34)43)38-19(10)31-18-14(45-21(31)32)16(24)26-6-28-18/h5-12,19-20H,2-4H2,1H3,(H,35,44)(H2,23,25,27)(H2,24,26,28)(H2,33,34,43)/t8?,9-,10+,11+,12+,19+,20+,42-/m0/s1. The number of aromatic nitrogens is 7. The van der Waals surface area contributed by atoms with Crippen molar-refractivity contribution in [3.63, 3.8) is 0 Å². The number of anilines is 2. The molecule has 0 radical (unpaired) electrons. The van der Waals surface area contributed by atoms with E-state index in [9.17, 15) is 18.8 Å². The molecule has 4 aromatic rings. The van der Waals surface area contributed by atoms with E-state index in [1.807, 2.05) is 0 Å². The smallest absolute Gasteiger partial charge is 0.382 e. The minimum absolute atomic E-state index is 0.0606. The molecule has 2 aliphatic heterocycles. The number of alkyl halides is 1. The van der Waals surface area contributed by atoms with Gasteiger partial charge in [0.25, 0.3) is 0 Å². The SMILES string of the molecule is CC1[C@@H](F)[C@H](n2cnc3c(N)ncnc32)O[C@@H]1CO[P@](=O)(S)O[C@@H]1C[C@@H](COP(=O)(O)S)O[C@H]1n1c(=O)sc2c(N)ncnc21. The maximum Gasteiger partial charge on any atom is 0.386 e. The van der Waals surface area contributed by atoms with E-state index in [2.05, 4.69) is 49.4 Å². The van der Waals surface area contributed by atoms with Crippen LogP contribution in [0.15, 0.2) is 23.8 Å². The van der Waals surface area contributed by atoms with Crippen LogP contribution in [0, 0.1) is 5.92 Å². The summed E-state index contributed by atoms with van der Waals surface area (Å²) in [4.78, 5) is 42.1. The van der Waals surface area contributed by atoms with Crippen molar-refractivity contribution in [2.75, 3.05) is 24.7 Å². The van der Waals surface area contributed by atoms with Crippen LogP contribution in [0.3, 0.4) is 0 Å². The van der Waals surface area contributed by atoms with Gasteiger partial charge in [-0.3, -0.25) is 27.5 Å². The molecule has 2 fully saturated rings. The van der Waals surface area contributed by atoms with Crippen LogP contribution in [0.25, 0.3) is 21.5 Å². The Labute approximate surface area is 267 Å². The Hall–Kier alpha value is -2.23. The summed E-state index contributed by atoms with van der Waals surface area (Å²) >= 11 is 8.37. The molecule has 4 aromatic heterocycles. The predicted molar refractivity (Wildman–Crippen MR) is 165 cm³/mol. The molecule has 2 aliphatic rings. The highest BCUT2D eigenvalue weighted by Gasteiger charge is 2.47. The zero-order valence-corrected chi connectivity index (χ0v) is 27.4. The predicted octanol–water partition coefficient (Wildman–Crippen LogP) is 2.50. The molecule has 6 rings (SSSR count). The third-order valence-corrected chi connectivity index (χ3v) is 10.7. The number of ether oxygens (including phenoxy) is 2. The summed E-state index contributed by atoms with van der Waals surface area (Å²) in [6.07, 6.45) is -3.21. The van der Waals surface area contributed by atoms with Gasteiger partial charge in [0.15, 0.2) is 35.7 Å². The highest BCUT2D eigenvalue weighted by atomic mass is 32.7. The van der Waals surface area contributed by atoms with Crippen molar-refractivity contribution in [1.82, 2.24) is 34.1 Å². The zero-order chi connectivity index (χ0) is 32.3. The number of rotatable bonds is 10. The Morgan fingerprint density at radius 1 is 1.07 bits per heavy atom. The van der Waals surface area contributed by atoms with Crippen molar-refractivity contribution in [3.8, 4) is 0 Å². The first kappa shape index (κ1) is 32.7.